The quantitative estimate of drug-likeness (QED) is 0.439. The molecule has 0 unspecified atom stereocenters. The second-order valence-electron chi connectivity index (χ2n) is 4.33. The average Bonchev–Trinajstić information content (AvgIpc) is 2.20. The van der Waals surface area contributed by atoms with Gasteiger partial charge in [0, 0.05) is 39.3 Å². The van der Waals surface area contributed by atoms with Crippen molar-refractivity contribution < 1.29 is 0 Å². The highest BCUT2D eigenvalue weighted by molar-refractivity contribution is 4.62. The third kappa shape index (κ3) is 10.1. The second kappa shape index (κ2) is 10.4. The number of likely N-dealkylation sites (N-methyl/N-ethyl adjacent to an activating group) is 1. The van der Waals surface area contributed by atoms with Crippen LogP contribution in [0.1, 0.15) is 13.8 Å². The van der Waals surface area contributed by atoms with Gasteiger partial charge >= 0.3 is 0 Å². The summed E-state index contributed by atoms with van der Waals surface area (Å²) in [6, 6.07) is 0. The molecule has 0 saturated heterocycles. The molecule has 0 aliphatic heterocycles. The summed E-state index contributed by atoms with van der Waals surface area (Å²) in [5, 5.41) is 6.61. The Labute approximate surface area is 94.6 Å². The first kappa shape index (κ1) is 14.8. The zero-order valence-corrected chi connectivity index (χ0v) is 10.6. The van der Waals surface area contributed by atoms with Gasteiger partial charge in [0.15, 0.2) is 0 Å². The molecule has 0 saturated carbocycles. The van der Waals surface area contributed by atoms with Gasteiger partial charge in [-0.05, 0) is 19.5 Å². The smallest absolute Gasteiger partial charge is 0.0108 e. The number of hydrogen-bond donors (Lipinski definition) is 3. The van der Waals surface area contributed by atoms with Gasteiger partial charge in [0.25, 0.3) is 0 Å². The molecule has 0 amide bonds. The maximum atomic E-state index is 5.57. The van der Waals surface area contributed by atoms with Crippen LogP contribution < -0.4 is 16.4 Å². The SMILES string of the molecule is CNCCN(CCN)CCNCC(C)C. The monoisotopic (exact) mass is 216 g/mol. The van der Waals surface area contributed by atoms with Gasteiger partial charge < -0.3 is 16.4 Å². The number of nitrogens with zero attached hydrogens (tertiary/aromatic N) is 1. The number of nitrogens with two attached hydrogens (primary N) is 1. The fourth-order valence-electron chi connectivity index (χ4n) is 1.42. The van der Waals surface area contributed by atoms with E-state index in [9.17, 15) is 0 Å². The summed E-state index contributed by atoms with van der Waals surface area (Å²) in [6.07, 6.45) is 0. The van der Waals surface area contributed by atoms with Crippen molar-refractivity contribution in [3.63, 3.8) is 0 Å². The van der Waals surface area contributed by atoms with E-state index in [1.807, 2.05) is 7.05 Å². The molecule has 0 spiro atoms. The standard InChI is InChI=1S/C11H28N4/c1-11(2)10-14-6-9-15(7-4-12)8-5-13-3/h11,13-14H,4-10,12H2,1-3H3. The van der Waals surface area contributed by atoms with Gasteiger partial charge in [-0.25, -0.2) is 0 Å². The van der Waals surface area contributed by atoms with Gasteiger partial charge in [0.2, 0.25) is 0 Å². The molecule has 4 nitrogen and oxygen atoms in total. The third-order valence-corrected chi connectivity index (χ3v) is 2.28. The summed E-state index contributed by atoms with van der Waals surface area (Å²) < 4.78 is 0. The summed E-state index contributed by atoms with van der Waals surface area (Å²) in [4.78, 5) is 2.39. The van der Waals surface area contributed by atoms with Crippen LogP contribution in [0.25, 0.3) is 0 Å². The van der Waals surface area contributed by atoms with E-state index in [1.165, 1.54) is 0 Å². The Kier molecular flexibility index (Phi) is 10.3. The van der Waals surface area contributed by atoms with Gasteiger partial charge in [0.05, 0.1) is 0 Å². The Hall–Kier alpha value is -0.160. The van der Waals surface area contributed by atoms with E-state index in [0.29, 0.717) is 0 Å². The molecule has 0 aliphatic carbocycles. The Balaban J connectivity index is 3.47. The van der Waals surface area contributed by atoms with Crippen molar-refractivity contribution in [2.45, 2.75) is 13.8 Å². The summed E-state index contributed by atoms with van der Waals surface area (Å²) in [7, 11) is 1.98. The summed E-state index contributed by atoms with van der Waals surface area (Å²) in [6.45, 7) is 11.5. The fraction of sp³-hybridized carbons (Fsp3) is 1.00. The minimum atomic E-state index is 0.727. The molecule has 15 heavy (non-hydrogen) atoms. The molecule has 92 valence electrons. The second-order valence-corrected chi connectivity index (χ2v) is 4.33. The van der Waals surface area contributed by atoms with Gasteiger partial charge in [-0.1, -0.05) is 13.8 Å². The van der Waals surface area contributed by atoms with Gasteiger partial charge in [-0.15, -0.1) is 0 Å². The van der Waals surface area contributed by atoms with Crippen molar-refractivity contribution in [2.24, 2.45) is 11.7 Å². The van der Waals surface area contributed by atoms with Crippen LogP contribution in [-0.4, -0.2) is 57.8 Å². The zero-order chi connectivity index (χ0) is 11.5. The van der Waals surface area contributed by atoms with Crippen molar-refractivity contribution in [1.29, 1.82) is 0 Å². The van der Waals surface area contributed by atoms with Gasteiger partial charge in [0.1, 0.15) is 0 Å². The molecule has 0 aliphatic rings. The molecule has 4 N–H and O–H groups in total. The van der Waals surface area contributed by atoms with E-state index in [4.69, 9.17) is 5.73 Å². The molecule has 0 radical (unpaired) electrons. The maximum Gasteiger partial charge on any atom is 0.0108 e. The largest absolute Gasteiger partial charge is 0.329 e. The first-order valence-electron chi connectivity index (χ1n) is 5.98. The lowest BCUT2D eigenvalue weighted by Crippen LogP contribution is -2.39. The van der Waals surface area contributed by atoms with Gasteiger partial charge in [-0.3, -0.25) is 4.90 Å². The topological polar surface area (TPSA) is 53.3 Å². The van der Waals surface area contributed by atoms with E-state index in [0.717, 1.165) is 51.7 Å². The highest BCUT2D eigenvalue weighted by Gasteiger charge is 2.02. The first-order valence-corrected chi connectivity index (χ1v) is 5.98. The predicted molar refractivity (Wildman–Crippen MR) is 67.1 cm³/mol. The molecule has 0 bridgehead atoms. The molecule has 4 heteroatoms. The van der Waals surface area contributed by atoms with Crippen molar-refractivity contribution in [3.8, 4) is 0 Å². The van der Waals surface area contributed by atoms with Crippen LogP contribution in [0.2, 0.25) is 0 Å². The van der Waals surface area contributed by atoms with E-state index in [-0.39, 0.29) is 0 Å². The van der Waals surface area contributed by atoms with Crippen LogP contribution in [0.4, 0.5) is 0 Å². The number of rotatable bonds is 10. The number of nitrogens with one attached hydrogen (secondary N) is 2. The Morgan fingerprint density at radius 2 is 1.80 bits per heavy atom. The lowest BCUT2D eigenvalue weighted by atomic mass is 10.2. The van der Waals surface area contributed by atoms with Gasteiger partial charge in [-0.2, -0.15) is 0 Å². The fourth-order valence-corrected chi connectivity index (χ4v) is 1.42. The van der Waals surface area contributed by atoms with E-state index in [2.05, 4.69) is 29.4 Å². The third-order valence-electron chi connectivity index (χ3n) is 2.28. The lowest BCUT2D eigenvalue weighted by Gasteiger charge is -2.21. The Bertz CT molecular complexity index is 128. The molecule has 0 aromatic carbocycles. The lowest BCUT2D eigenvalue weighted by molar-refractivity contribution is 0.280. The molecule has 0 aromatic rings. The van der Waals surface area contributed by atoms with Crippen molar-refractivity contribution in [1.82, 2.24) is 15.5 Å². The molecular formula is C11H28N4. The van der Waals surface area contributed by atoms with E-state index >= 15 is 0 Å². The highest BCUT2D eigenvalue weighted by atomic mass is 15.2. The van der Waals surface area contributed by atoms with Crippen LogP contribution in [0.3, 0.4) is 0 Å². The molecule has 0 rings (SSSR count). The molecule has 0 atom stereocenters. The highest BCUT2D eigenvalue weighted by Crippen LogP contribution is 1.88. The summed E-state index contributed by atoms with van der Waals surface area (Å²) in [5.74, 6) is 0.727. The first-order chi connectivity index (χ1) is 7.20. The minimum Gasteiger partial charge on any atom is -0.329 e. The van der Waals surface area contributed by atoms with Crippen molar-refractivity contribution in [2.75, 3.05) is 52.9 Å². The van der Waals surface area contributed by atoms with Crippen LogP contribution in [-0.2, 0) is 0 Å². The molecular weight excluding hydrogens is 188 g/mol. The Morgan fingerprint density at radius 1 is 1.13 bits per heavy atom. The van der Waals surface area contributed by atoms with Crippen LogP contribution >= 0.6 is 0 Å². The zero-order valence-electron chi connectivity index (χ0n) is 10.6. The van der Waals surface area contributed by atoms with Crippen molar-refractivity contribution in [3.05, 3.63) is 0 Å². The molecule has 0 fully saturated rings. The predicted octanol–water partition coefficient (Wildman–Crippen LogP) is -0.288. The van der Waals surface area contributed by atoms with Crippen LogP contribution in [0.5, 0.6) is 0 Å². The summed E-state index contributed by atoms with van der Waals surface area (Å²) >= 11 is 0. The molecule has 0 heterocycles. The van der Waals surface area contributed by atoms with E-state index in [1.54, 1.807) is 0 Å². The van der Waals surface area contributed by atoms with Crippen LogP contribution in [0, 0.1) is 5.92 Å². The number of hydrogen-bond acceptors (Lipinski definition) is 4. The average molecular weight is 216 g/mol. The van der Waals surface area contributed by atoms with E-state index < -0.39 is 0 Å². The Morgan fingerprint density at radius 3 is 2.33 bits per heavy atom. The maximum absolute atomic E-state index is 5.57. The molecule has 0 aromatic heterocycles. The minimum absolute atomic E-state index is 0.727. The summed E-state index contributed by atoms with van der Waals surface area (Å²) in [5.41, 5.74) is 5.57. The normalized spacial score (nSPS) is 11.6. The van der Waals surface area contributed by atoms with Crippen LogP contribution in [0.15, 0.2) is 0 Å². The van der Waals surface area contributed by atoms with Crippen molar-refractivity contribution >= 4 is 0 Å².